The first kappa shape index (κ1) is 27.0. The number of rotatable bonds is 15. The highest BCUT2D eigenvalue weighted by Gasteiger charge is 2.30. The van der Waals surface area contributed by atoms with Gasteiger partial charge in [0.05, 0.1) is 26.4 Å². The van der Waals surface area contributed by atoms with Gasteiger partial charge in [0.2, 0.25) is 0 Å². The van der Waals surface area contributed by atoms with Crippen LogP contribution in [0.2, 0.25) is 0 Å². The molecule has 0 saturated carbocycles. The van der Waals surface area contributed by atoms with Crippen LogP contribution in [-0.2, 0) is 18.9 Å². The van der Waals surface area contributed by atoms with Gasteiger partial charge in [-0.05, 0) is 64.4 Å². The zero-order chi connectivity index (χ0) is 28.8. The second kappa shape index (κ2) is 11.5. The zero-order valence-electron chi connectivity index (χ0n) is 24.3. The van der Waals surface area contributed by atoms with Gasteiger partial charge in [0.1, 0.15) is 73.8 Å². The molecule has 0 amide bonds. The van der Waals surface area contributed by atoms with Gasteiger partial charge in [-0.15, -0.1) is 0 Å². The summed E-state index contributed by atoms with van der Waals surface area (Å²) in [5.74, 6) is 3.30. The van der Waals surface area contributed by atoms with Gasteiger partial charge in [-0.25, -0.2) is 0 Å². The van der Waals surface area contributed by atoms with E-state index in [2.05, 4.69) is 55.5 Å². The van der Waals surface area contributed by atoms with Crippen molar-refractivity contribution in [1.29, 1.82) is 0 Å². The van der Waals surface area contributed by atoms with Gasteiger partial charge in [0.25, 0.3) is 0 Å². The van der Waals surface area contributed by atoms with Gasteiger partial charge in [-0.2, -0.15) is 0 Å². The van der Waals surface area contributed by atoms with Crippen LogP contribution in [0, 0.1) is 0 Å². The lowest BCUT2D eigenvalue weighted by Gasteiger charge is -2.26. The van der Waals surface area contributed by atoms with Gasteiger partial charge in [0, 0.05) is 17.0 Å². The molecule has 4 saturated heterocycles. The van der Waals surface area contributed by atoms with E-state index in [1.807, 2.05) is 12.1 Å². The third-order valence-electron chi connectivity index (χ3n) is 8.43. The van der Waals surface area contributed by atoms with Crippen LogP contribution < -0.4 is 18.9 Å². The lowest BCUT2D eigenvalue weighted by molar-refractivity contribution is 0.257. The lowest BCUT2D eigenvalue weighted by Crippen LogP contribution is -2.12. The van der Waals surface area contributed by atoms with Crippen LogP contribution in [0.25, 0.3) is 21.5 Å². The summed E-state index contributed by atoms with van der Waals surface area (Å²) in [7, 11) is 0. The van der Waals surface area contributed by atoms with Crippen molar-refractivity contribution in [2.75, 3.05) is 52.9 Å². The van der Waals surface area contributed by atoms with E-state index in [0.717, 1.165) is 88.5 Å². The standard InChI is InChI=1S/C35H36O8/c1-2-29(34-30-11-23(36-13-25-15-38-25)7-3-21(30)5-9-32(34)42-19-27-17-40-27)35-31-12-24(37-14-26-16-39-26)8-4-22(31)6-10-33(35)43-20-28-18-41-28/h3-12,25-29H,2,13-20H2,1H3. The average molecular weight is 585 g/mol. The summed E-state index contributed by atoms with van der Waals surface area (Å²) in [5.41, 5.74) is 2.23. The van der Waals surface area contributed by atoms with E-state index >= 15 is 0 Å². The fraction of sp³-hybridized carbons (Fsp3) is 0.429. The van der Waals surface area contributed by atoms with Crippen molar-refractivity contribution in [2.45, 2.75) is 43.7 Å². The summed E-state index contributed by atoms with van der Waals surface area (Å²) in [6.45, 7) is 7.34. The molecule has 0 N–H and O–H groups in total. The van der Waals surface area contributed by atoms with E-state index in [9.17, 15) is 0 Å². The minimum absolute atomic E-state index is 0.0401. The fourth-order valence-corrected chi connectivity index (χ4v) is 5.71. The van der Waals surface area contributed by atoms with E-state index in [-0.39, 0.29) is 30.3 Å². The molecule has 224 valence electrons. The highest BCUT2D eigenvalue weighted by Crippen LogP contribution is 2.47. The van der Waals surface area contributed by atoms with Crippen LogP contribution in [0.4, 0.5) is 0 Å². The van der Waals surface area contributed by atoms with Crippen LogP contribution >= 0.6 is 0 Å². The Balaban J connectivity index is 1.26. The molecule has 4 aliphatic heterocycles. The number of fused-ring (bicyclic) bond motifs is 2. The van der Waals surface area contributed by atoms with Crippen molar-refractivity contribution < 1.29 is 37.9 Å². The smallest absolute Gasteiger partial charge is 0.123 e. The van der Waals surface area contributed by atoms with Gasteiger partial charge < -0.3 is 37.9 Å². The van der Waals surface area contributed by atoms with E-state index in [1.165, 1.54) is 0 Å². The third kappa shape index (κ3) is 6.24. The molecule has 8 nitrogen and oxygen atoms in total. The maximum atomic E-state index is 6.49. The summed E-state index contributed by atoms with van der Waals surface area (Å²) < 4.78 is 47.0. The maximum absolute atomic E-state index is 6.49. The van der Waals surface area contributed by atoms with Crippen molar-refractivity contribution in [3.8, 4) is 23.0 Å². The highest BCUT2D eigenvalue weighted by molar-refractivity contribution is 5.94. The summed E-state index contributed by atoms with van der Waals surface area (Å²) in [6, 6.07) is 21.0. The van der Waals surface area contributed by atoms with Crippen molar-refractivity contribution >= 4 is 21.5 Å². The Morgan fingerprint density at radius 3 is 1.30 bits per heavy atom. The summed E-state index contributed by atoms with van der Waals surface area (Å²) >= 11 is 0. The van der Waals surface area contributed by atoms with E-state index < -0.39 is 0 Å². The Labute approximate surface area is 250 Å². The van der Waals surface area contributed by atoms with E-state index in [4.69, 9.17) is 37.9 Å². The van der Waals surface area contributed by atoms with E-state index in [0.29, 0.717) is 26.4 Å². The Morgan fingerprint density at radius 1 is 0.558 bits per heavy atom. The zero-order valence-corrected chi connectivity index (χ0v) is 24.3. The molecule has 0 bridgehead atoms. The average Bonchev–Trinajstić information content (AvgIpc) is 3.84. The summed E-state index contributed by atoms with van der Waals surface area (Å²) in [6.07, 6.45) is 1.47. The Bertz CT molecular complexity index is 1490. The minimum Gasteiger partial charge on any atom is -0.491 e. The topological polar surface area (TPSA) is 87.0 Å². The van der Waals surface area contributed by atoms with Gasteiger partial charge in [-0.3, -0.25) is 0 Å². The molecule has 4 fully saturated rings. The number of hydrogen-bond acceptors (Lipinski definition) is 8. The molecule has 4 aromatic carbocycles. The second-order valence-electron chi connectivity index (χ2n) is 11.7. The van der Waals surface area contributed by atoms with Crippen LogP contribution in [0.1, 0.15) is 30.4 Å². The summed E-state index contributed by atoms with van der Waals surface area (Å²) in [4.78, 5) is 0. The van der Waals surface area contributed by atoms with Crippen molar-refractivity contribution in [1.82, 2.24) is 0 Å². The number of benzene rings is 4. The second-order valence-corrected chi connectivity index (χ2v) is 11.7. The molecule has 4 unspecified atom stereocenters. The molecule has 4 heterocycles. The normalized spacial score (nSPS) is 24.0. The predicted octanol–water partition coefficient (Wildman–Crippen LogP) is 5.65. The van der Waals surface area contributed by atoms with Crippen LogP contribution in [0.15, 0.2) is 60.7 Å². The molecule has 43 heavy (non-hydrogen) atoms. The highest BCUT2D eigenvalue weighted by atomic mass is 16.6. The number of epoxide rings is 4. The molecule has 4 atom stereocenters. The molecule has 0 aliphatic carbocycles. The number of hydrogen-bond donors (Lipinski definition) is 0. The minimum atomic E-state index is -0.0401. The largest absolute Gasteiger partial charge is 0.491 e. The van der Waals surface area contributed by atoms with Crippen molar-refractivity contribution in [2.24, 2.45) is 0 Å². The molecule has 0 radical (unpaired) electrons. The van der Waals surface area contributed by atoms with Gasteiger partial charge in [0.15, 0.2) is 0 Å². The van der Waals surface area contributed by atoms with Gasteiger partial charge >= 0.3 is 0 Å². The first-order valence-electron chi connectivity index (χ1n) is 15.3. The lowest BCUT2D eigenvalue weighted by atomic mass is 9.82. The molecule has 0 aromatic heterocycles. The fourth-order valence-electron chi connectivity index (χ4n) is 5.71. The summed E-state index contributed by atoms with van der Waals surface area (Å²) in [5, 5.41) is 4.45. The quantitative estimate of drug-likeness (QED) is 0.166. The Kier molecular flexibility index (Phi) is 7.23. The SMILES string of the molecule is CCC(c1c(OCC2CO2)ccc2ccc(OCC3CO3)cc12)c1c(OCC2CO2)ccc2ccc(OCC3CO3)cc12. The first-order valence-corrected chi connectivity index (χ1v) is 15.3. The Morgan fingerprint density at radius 2 is 0.930 bits per heavy atom. The van der Waals surface area contributed by atoms with E-state index in [1.54, 1.807) is 0 Å². The Hall–Kier alpha value is -3.56. The number of ether oxygens (including phenoxy) is 8. The molecule has 8 heteroatoms. The molecule has 8 rings (SSSR count). The van der Waals surface area contributed by atoms with Crippen molar-refractivity contribution in [3.05, 3.63) is 71.8 Å². The van der Waals surface area contributed by atoms with Crippen LogP contribution in [-0.4, -0.2) is 77.3 Å². The van der Waals surface area contributed by atoms with Crippen molar-refractivity contribution in [3.63, 3.8) is 0 Å². The molecule has 4 aromatic rings. The molecule has 4 aliphatic rings. The molecule has 0 spiro atoms. The third-order valence-corrected chi connectivity index (χ3v) is 8.43. The monoisotopic (exact) mass is 584 g/mol. The first-order chi connectivity index (χ1) is 21.2. The van der Waals surface area contributed by atoms with Crippen LogP contribution in [0.5, 0.6) is 23.0 Å². The van der Waals surface area contributed by atoms with Crippen LogP contribution in [0.3, 0.4) is 0 Å². The molecular formula is C35H36O8. The van der Waals surface area contributed by atoms with Gasteiger partial charge in [-0.1, -0.05) is 31.2 Å². The predicted molar refractivity (Wildman–Crippen MR) is 161 cm³/mol. The molecular weight excluding hydrogens is 548 g/mol. The maximum Gasteiger partial charge on any atom is 0.123 e.